The van der Waals surface area contributed by atoms with Gasteiger partial charge in [-0.15, -0.1) is 0 Å². The molecule has 0 aromatic rings. The van der Waals surface area contributed by atoms with Crippen molar-refractivity contribution < 1.29 is 9.84 Å². The third kappa shape index (κ3) is 3.43. The topological polar surface area (TPSA) is 29.1 Å². The SMILES string of the molecule is C=CC([O])OC=CC. The van der Waals surface area contributed by atoms with Crippen LogP contribution in [0.2, 0.25) is 0 Å². The molecule has 0 N–H and O–H groups in total. The number of allylic oxidation sites excluding steroid dienone is 1. The minimum absolute atomic E-state index is 1.12. The molecule has 0 saturated heterocycles. The average Bonchev–Trinajstić information content (AvgIpc) is 1.83. The Balaban J connectivity index is 3.23. The fraction of sp³-hybridized carbons (Fsp3) is 0.333. The summed E-state index contributed by atoms with van der Waals surface area (Å²) >= 11 is 0. The minimum atomic E-state index is -1.12. The molecule has 0 bridgehead atoms. The predicted molar refractivity (Wildman–Crippen MR) is 30.6 cm³/mol. The van der Waals surface area contributed by atoms with Gasteiger partial charge in [0.1, 0.15) is 0 Å². The summed E-state index contributed by atoms with van der Waals surface area (Å²) in [4.78, 5) is 0. The maximum Gasteiger partial charge on any atom is 0.248 e. The van der Waals surface area contributed by atoms with Gasteiger partial charge in [0.05, 0.1) is 6.26 Å². The van der Waals surface area contributed by atoms with Gasteiger partial charge in [0.2, 0.25) is 6.29 Å². The number of hydrogen-bond donors (Lipinski definition) is 0. The summed E-state index contributed by atoms with van der Waals surface area (Å²) in [5.41, 5.74) is 0. The van der Waals surface area contributed by atoms with E-state index in [1.807, 2.05) is 0 Å². The largest absolute Gasteiger partial charge is 0.467 e. The van der Waals surface area contributed by atoms with Crippen molar-refractivity contribution in [2.45, 2.75) is 13.2 Å². The van der Waals surface area contributed by atoms with Crippen molar-refractivity contribution in [3.05, 3.63) is 25.0 Å². The van der Waals surface area contributed by atoms with Gasteiger partial charge in [-0.1, -0.05) is 12.7 Å². The molecule has 2 heteroatoms. The van der Waals surface area contributed by atoms with E-state index in [1.165, 1.54) is 12.3 Å². The van der Waals surface area contributed by atoms with Crippen molar-refractivity contribution in [3.8, 4) is 0 Å². The molecule has 0 aliphatic heterocycles. The molecule has 8 heavy (non-hydrogen) atoms. The summed E-state index contributed by atoms with van der Waals surface area (Å²) in [5.74, 6) is 0. The van der Waals surface area contributed by atoms with Crippen molar-refractivity contribution in [1.29, 1.82) is 0 Å². The molecule has 0 fully saturated rings. The van der Waals surface area contributed by atoms with Crippen molar-refractivity contribution in [3.63, 3.8) is 0 Å². The Labute approximate surface area is 49.1 Å². The van der Waals surface area contributed by atoms with Gasteiger partial charge in [0.15, 0.2) is 0 Å². The molecule has 0 aliphatic rings. The van der Waals surface area contributed by atoms with Crippen LogP contribution in [0.15, 0.2) is 25.0 Å². The molecule has 0 rings (SSSR count). The second-order valence-corrected chi connectivity index (χ2v) is 1.21. The first-order valence-electron chi connectivity index (χ1n) is 2.36. The summed E-state index contributed by atoms with van der Waals surface area (Å²) in [6.07, 6.45) is 3.07. The lowest BCUT2D eigenvalue weighted by molar-refractivity contribution is -0.0621. The molecule has 45 valence electrons. The van der Waals surface area contributed by atoms with E-state index in [0.29, 0.717) is 0 Å². The van der Waals surface area contributed by atoms with Crippen LogP contribution in [0.25, 0.3) is 0 Å². The Hall–Kier alpha value is -0.760. The summed E-state index contributed by atoms with van der Waals surface area (Å²) in [6, 6.07) is 0. The highest BCUT2D eigenvalue weighted by atomic mass is 16.6. The molecule has 0 saturated carbocycles. The molecule has 2 nitrogen and oxygen atoms in total. The second kappa shape index (κ2) is 4.40. The van der Waals surface area contributed by atoms with Crippen LogP contribution >= 0.6 is 0 Å². The van der Waals surface area contributed by atoms with E-state index >= 15 is 0 Å². The molecule has 0 heterocycles. The number of hydrogen-bond acceptors (Lipinski definition) is 1. The Kier molecular flexibility index (Phi) is 3.98. The van der Waals surface area contributed by atoms with E-state index in [0.717, 1.165) is 0 Å². The first-order valence-corrected chi connectivity index (χ1v) is 2.36. The van der Waals surface area contributed by atoms with Crippen LogP contribution in [0, 0.1) is 0 Å². The van der Waals surface area contributed by atoms with Crippen LogP contribution in [0.5, 0.6) is 0 Å². The lowest BCUT2D eigenvalue weighted by Gasteiger charge is -1.98. The van der Waals surface area contributed by atoms with Gasteiger partial charge in [0, 0.05) is 0 Å². The van der Waals surface area contributed by atoms with Gasteiger partial charge in [0.25, 0.3) is 0 Å². The molecule has 0 aliphatic carbocycles. The van der Waals surface area contributed by atoms with Crippen LogP contribution in [0.4, 0.5) is 0 Å². The Morgan fingerprint density at radius 2 is 2.38 bits per heavy atom. The first-order chi connectivity index (χ1) is 3.81. The van der Waals surface area contributed by atoms with E-state index in [-0.39, 0.29) is 0 Å². The van der Waals surface area contributed by atoms with Crippen molar-refractivity contribution in [2.24, 2.45) is 0 Å². The number of ether oxygens (including phenoxy) is 1. The van der Waals surface area contributed by atoms with E-state index < -0.39 is 6.29 Å². The molecule has 0 aromatic carbocycles. The molecular formula is C6H9O2. The molecule has 0 aromatic heterocycles. The minimum Gasteiger partial charge on any atom is -0.467 e. The fourth-order valence-corrected chi connectivity index (χ4v) is 0.212. The number of rotatable bonds is 3. The lowest BCUT2D eigenvalue weighted by atomic mass is 10.6. The summed E-state index contributed by atoms with van der Waals surface area (Å²) in [7, 11) is 0. The van der Waals surface area contributed by atoms with Gasteiger partial charge in [-0.2, -0.15) is 5.11 Å². The van der Waals surface area contributed by atoms with Crippen molar-refractivity contribution in [1.82, 2.24) is 0 Å². The zero-order chi connectivity index (χ0) is 6.41. The Morgan fingerprint density at radius 1 is 1.75 bits per heavy atom. The van der Waals surface area contributed by atoms with Crippen molar-refractivity contribution in [2.75, 3.05) is 0 Å². The van der Waals surface area contributed by atoms with Crippen molar-refractivity contribution >= 4 is 0 Å². The zero-order valence-electron chi connectivity index (χ0n) is 4.83. The van der Waals surface area contributed by atoms with Gasteiger partial charge >= 0.3 is 0 Å². The van der Waals surface area contributed by atoms with Crippen LogP contribution in [0.3, 0.4) is 0 Å². The molecular weight excluding hydrogens is 104 g/mol. The molecule has 1 unspecified atom stereocenters. The molecule has 0 spiro atoms. The average molecular weight is 113 g/mol. The normalized spacial score (nSPS) is 13.8. The lowest BCUT2D eigenvalue weighted by Crippen LogP contribution is -1.99. The van der Waals surface area contributed by atoms with E-state index in [1.54, 1.807) is 13.0 Å². The smallest absolute Gasteiger partial charge is 0.248 e. The highest BCUT2D eigenvalue weighted by Gasteiger charge is 1.91. The Bertz CT molecular complexity index is 86.5. The van der Waals surface area contributed by atoms with Crippen LogP contribution < -0.4 is 0 Å². The molecule has 1 radical (unpaired) electrons. The van der Waals surface area contributed by atoms with E-state index in [4.69, 9.17) is 0 Å². The van der Waals surface area contributed by atoms with Gasteiger partial charge in [-0.25, -0.2) is 0 Å². The predicted octanol–water partition coefficient (Wildman–Crippen LogP) is 1.48. The maximum atomic E-state index is 10.3. The zero-order valence-corrected chi connectivity index (χ0v) is 4.83. The van der Waals surface area contributed by atoms with Gasteiger partial charge in [-0.05, 0) is 13.0 Å². The van der Waals surface area contributed by atoms with E-state index in [9.17, 15) is 5.11 Å². The third-order valence-corrected chi connectivity index (χ3v) is 0.541. The van der Waals surface area contributed by atoms with Gasteiger partial charge < -0.3 is 4.74 Å². The maximum absolute atomic E-state index is 10.3. The van der Waals surface area contributed by atoms with Crippen LogP contribution in [-0.2, 0) is 9.84 Å². The molecule has 1 atom stereocenters. The summed E-state index contributed by atoms with van der Waals surface area (Å²) < 4.78 is 4.49. The first kappa shape index (κ1) is 7.24. The standard InChI is InChI=1S/C6H9O2/c1-3-5-8-6(7)4-2/h3-6H,2H2,1H3. The van der Waals surface area contributed by atoms with Crippen LogP contribution in [0.1, 0.15) is 6.92 Å². The quantitative estimate of drug-likeness (QED) is 0.309. The van der Waals surface area contributed by atoms with E-state index in [2.05, 4.69) is 11.3 Å². The third-order valence-electron chi connectivity index (χ3n) is 0.541. The summed E-state index contributed by atoms with van der Waals surface area (Å²) in [5, 5.41) is 10.3. The highest BCUT2D eigenvalue weighted by molar-refractivity contribution is 4.74. The van der Waals surface area contributed by atoms with Gasteiger partial charge in [-0.3, -0.25) is 0 Å². The monoisotopic (exact) mass is 113 g/mol. The Morgan fingerprint density at radius 3 is 2.75 bits per heavy atom. The fourth-order valence-electron chi connectivity index (χ4n) is 0.212. The molecule has 0 amide bonds. The second-order valence-electron chi connectivity index (χ2n) is 1.21. The van der Waals surface area contributed by atoms with Crippen LogP contribution in [-0.4, -0.2) is 6.29 Å². The highest BCUT2D eigenvalue weighted by Crippen LogP contribution is 1.87. The summed E-state index contributed by atoms with van der Waals surface area (Å²) in [6.45, 7) is 5.02.